The molecule has 0 bridgehead atoms. The van der Waals surface area contributed by atoms with E-state index in [0.717, 1.165) is 5.56 Å². The molecule has 0 radical (unpaired) electrons. The van der Waals surface area contributed by atoms with Gasteiger partial charge in [0.1, 0.15) is 18.1 Å². The van der Waals surface area contributed by atoms with Crippen molar-refractivity contribution in [1.29, 1.82) is 0 Å². The smallest absolute Gasteiger partial charge is 0.326 e. The van der Waals surface area contributed by atoms with Crippen LogP contribution in [0.25, 0.3) is 0 Å². The molecule has 9 nitrogen and oxygen atoms in total. The van der Waals surface area contributed by atoms with Crippen molar-refractivity contribution in [2.75, 3.05) is 0 Å². The van der Waals surface area contributed by atoms with E-state index in [0.29, 0.717) is 6.42 Å². The molecule has 0 spiro atoms. The summed E-state index contributed by atoms with van der Waals surface area (Å²) in [7, 11) is 0. The van der Waals surface area contributed by atoms with Gasteiger partial charge in [-0.15, -0.1) is 0 Å². The van der Waals surface area contributed by atoms with E-state index in [1.807, 2.05) is 58.0 Å². The Labute approximate surface area is 208 Å². The van der Waals surface area contributed by atoms with Crippen LogP contribution in [0.1, 0.15) is 59.9 Å². The number of nitrogens with two attached hydrogens (primary N) is 1. The molecule has 1 aromatic rings. The number of carbonyl (C=O) groups excluding carboxylic acids is 3. The van der Waals surface area contributed by atoms with Crippen LogP contribution in [-0.4, -0.2) is 53.0 Å². The van der Waals surface area contributed by atoms with Crippen LogP contribution in [0.4, 0.5) is 0 Å². The van der Waals surface area contributed by atoms with Gasteiger partial charge in [-0.25, -0.2) is 4.79 Å². The number of benzene rings is 1. The van der Waals surface area contributed by atoms with Crippen LogP contribution in [0.2, 0.25) is 0 Å². The third kappa shape index (κ3) is 10.1. The van der Waals surface area contributed by atoms with Gasteiger partial charge in [0.05, 0.1) is 6.04 Å². The maximum atomic E-state index is 13.2. The number of amides is 3. The molecule has 1 aromatic carbocycles. The number of rotatable bonds is 14. The Balaban J connectivity index is 3.10. The molecule has 0 aromatic heterocycles. The van der Waals surface area contributed by atoms with Gasteiger partial charge < -0.3 is 26.8 Å². The predicted molar refractivity (Wildman–Crippen MR) is 135 cm³/mol. The molecule has 0 fully saturated rings. The lowest BCUT2D eigenvalue weighted by atomic mass is 9.97. The van der Waals surface area contributed by atoms with Crippen LogP contribution in [0.15, 0.2) is 30.3 Å². The largest absolute Gasteiger partial charge is 0.480 e. The van der Waals surface area contributed by atoms with Crippen molar-refractivity contribution in [3.8, 4) is 0 Å². The fourth-order valence-corrected chi connectivity index (χ4v) is 3.58. The monoisotopic (exact) mass is 490 g/mol. The molecular formula is C26H42N4O5. The molecule has 0 saturated carbocycles. The van der Waals surface area contributed by atoms with Gasteiger partial charge in [0.25, 0.3) is 0 Å². The summed E-state index contributed by atoms with van der Waals surface area (Å²) in [6, 6.07) is 5.35. The summed E-state index contributed by atoms with van der Waals surface area (Å²) in [5.74, 6) is -2.97. The number of carbonyl (C=O) groups is 4. The quantitative estimate of drug-likeness (QED) is 0.268. The molecule has 3 amide bonds. The van der Waals surface area contributed by atoms with E-state index in [1.54, 1.807) is 13.8 Å². The highest BCUT2D eigenvalue weighted by molar-refractivity contribution is 5.94. The SMILES string of the molecule is CCC(C)C(N)C(=O)NC(C(=O)NC(Cc1ccccc1)C(=O)NC(CC(C)C)C(=O)O)C(C)C. The second kappa shape index (κ2) is 14.5. The molecule has 196 valence electrons. The number of nitrogens with one attached hydrogen (secondary N) is 3. The zero-order valence-electron chi connectivity index (χ0n) is 21.7. The van der Waals surface area contributed by atoms with Crippen molar-refractivity contribution in [2.45, 2.75) is 85.0 Å². The third-order valence-electron chi connectivity index (χ3n) is 6.04. The minimum atomic E-state index is -1.14. The Hall–Kier alpha value is -2.94. The third-order valence-corrected chi connectivity index (χ3v) is 6.04. The van der Waals surface area contributed by atoms with Crippen LogP contribution in [0.3, 0.4) is 0 Å². The van der Waals surface area contributed by atoms with Crippen molar-refractivity contribution in [1.82, 2.24) is 16.0 Å². The number of aliphatic carboxylic acids is 1. The molecule has 5 atom stereocenters. The van der Waals surface area contributed by atoms with Gasteiger partial charge in [-0.1, -0.05) is 78.3 Å². The molecule has 9 heteroatoms. The number of hydrogen-bond donors (Lipinski definition) is 5. The molecule has 0 heterocycles. The van der Waals surface area contributed by atoms with Crippen LogP contribution in [-0.2, 0) is 25.6 Å². The molecule has 1 rings (SSSR count). The molecule has 0 aliphatic heterocycles. The highest BCUT2D eigenvalue weighted by Gasteiger charge is 2.32. The molecular weight excluding hydrogens is 448 g/mol. The molecule has 6 N–H and O–H groups in total. The van der Waals surface area contributed by atoms with Gasteiger partial charge in [0, 0.05) is 6.42 Å². The summed E-state index contributed by atoms with van der Waals surface area (Å²) < 4.78 is 0. The predicted octanol–water partition coefficient (Wildman–Crippen LogP) is 1.84. The number of hydrogen-bond acceptors (Lipinski definition) is 5. The second-order valence-electron chi connectivity index (χ2n) is 9.92. The maximum absolute atomic E-state index is 13.2. The van der Waals surface area contributed by atoms with E-state index in [-0.39, 0.29) is 30.6 Å². The van der Waals surface area contributed by atoms with Crippen molar-refractivity contribution in [3.63, 3.8) is 0 Å². The Bertz CT molecular complexity index is 843. The Morgan fingerprint density at radius 2 is 1.43 bits per heavy atom. The van der Waals surface area contributed by atoms with E-state index < -0.39 is 47.9 Å². The maximum Gasteiger partial charge on any atom is 0.326 e. The summed E-state index contributed by atoms with van der Waals surface area (Å²) in [6.07, 6.45) is 1.14. The second-order valence-corrected chi connectivity index (χ2v) is 9.92. The summed E-state index contributed by atoms with van der Waals surface area (Å²) in [5.41, 5.74) is 6.83. The highest BCUT2D eigenvalue weighted by atomic mass is 16.4. The van der Waals surface area contributed by atoms with Crippen molar-refractivity contribution >= 4 is 23.7 Å². The lowest BCUT2D eigenvalue weighted by Gasteiger charge is -2.28. The van der Waals surface area contributed by atoms with Crippen molar-refractivity contribution in [3.05, 3.63) is 35.9 Å². The van der Waals surface area contributed by atoms with E-state index in [9.17, 15) is 24.3 Å². The van der Waals surface area contributed by atoms with Gasteiger partial charge in [-0.05, 0) is 29.7 Å². The van der Waals surface area contributed by atoms with E-state index in [1.165, 1.54) is 0 Å². The molecule has 0 saturated heterocycles. The first-order valence-corrected chi connectivity index (χ1v) is 12.3. The first-order chi connectivity index (χ1) is 16.4. The van der Waals surface area contributed by atoms with Crippen LogP contribution in [0, 0.1) is 17.8 Å². The molecule has 0 aliphatic carbocycles. The first kappa shape index (κ1) is 30.1. The lowest BCUT2D eigenvalue weighted by molar-refractivity contribution is -0.142. The van der Waals surface area contributed by atoms with Crippen molar-refractivity contribution in [2.24, 2.45) is 23.5 Å². The van der Waals surface area contributed by atoms with Crippen LogP contribution >= 0.6 is 0 Å². The Morgan fingerprint density at radius 3 is 1.91 bits per heavy atom. The van der Waals surface area contributed by atoms with Gasteiger partial charge >= 0.3 is 5.97 Å². The van der Waals surface area contributed by atoms with Gasteiger partial charge in [0.15, 0.2) is 0 Å². The summed E-state index contributed by atoms with van der Waals surface area (Å²) >= 11 is 0. The zero-order valence-corrected chi connectivity index (χ0v) is 21.7. The van der Waals surface area contributed by atoms with Gasteiger partial charge in [-0.2, -0.15) is 0 Å². The van der Waals surface area contributed by atoms with Gasteiger partial charge in [-0.3, -0.25) is 14.4 Å². The standard InChI is InChI=1S/C26H42N4O5/c1-7-17(6)21(27)24(32)30-22(16(4)5)25(33)28-19(14-18-11-9-8-10-12-18)23(31)29-20(26(34)35)13-15(2)3/h8-12,15-17,19-22H,7,13-14,27H2,1-6H3,(H,28,33)(H,29,31)(H,30,32)(H,34,35). The van der Waals surface area contributed by atoms with E-state index in [4.69, 9.17) is 5.73 Å². The Morgan fingerprint density at radius 1 is 0.857 bits per heavy atom. The van der Waals surface area contributed by atoms with Gasteiger partial charge in [0.2, 0.25) is 17.7 Å². The topological polar surface area (TPSA) is 151 Å². The van der Waals surface area contributed by atoms with E-state index in [2.05, 4.69) is 16.0 Å². The minimum Gasteiger partial charge on any atom is -0.480 e. The zero-order chi connectivity index (χ0) is 26.7. The average Bonchev–Trinajstić information content (AvgIpc) is 2.80. The number of carboxylic acid groups (broad SMARTS) is 1. The fraction of sp³-hybridized carbons (Fsp3) is 0.615. The van der Waals surface area contributed by atoms with Crippen LogP contribution in [0.5, 0.6) is 0 Å². The van der Waals surface area contributed by atoms with Crippen LogP contribution < -0.4 is 21.7 Å². The Kier molecular flexibility index (Phi) is 12.4. The summed E-state index contributed by atoms with van der Waals surface area (Å²) in [4.78, 5) is 50.7. The first-order valence-electron chi connectivity index (χ1n) is 12.3. The average molecular weight is 491 g/mol. The number of carboxylic acids is 1. The molecule has 5 unspecified atom stereocenters. The summed E-state index contributed by atoms with van der Waals surface area (Å²) in [5, 5.41) is 17.6. The fourth-order valence-electron chi connectivity index (χ4n) is 3.58. The normalized spacial score (nSPS) is 15.6. The molecule has 0 aliphatic rings. The van der Waals surface area contributed by atoms with Crippen molar-refractivity contribution < 1.29 is 24.3 Å². The lowest BCUT2D eigenvalue weighted by Crippen LogP contribution is -2.59. The summed E-state index contributed by atoms with van der Waals surface area (Å²) in [6.45, 7) is 11.1. The van der Waals surface area contributed by atoms with E-state index >= 15 is 0 Å². The highest BCUT2D eigenvalue weighted by Crippen LogP contribution is 2.11. The minimum absolute atomic E-state index is 0.0498. The molecule has 35 heavy (non-hydrogen) atoms.